The second-order valence-electron chi connectivity index (χ2n) is 4.31. The van der Waals surface area contributed by atoms with E-state index in [-0.39, 0.29) is 25.4 Å². The van der Waals surface area contributed by atoms with Gasteiger partial charge in [-0.3, -0.25) is 4.79 Å². The lowest BCUT2D eigenvalue weighted by Crippen LogP contribution is -2.32. The Kier molecular flexibility index (Phi) is 4.27. The molecule has 0 saturated carbocycles. The van der Waals surface area contributed by atoms with E-state index in [9.17, 15) is 9.90 Å². The third kappa shape index (κ3) is 3.38. The van der Waals surface area contributed by atoms with Crippen molar-refractivity contribution in [2.45, 2.75) is 12.2 Å². The first-order chi connectivity index (χ1) is 9.14. The molecule has 0 bridgehead atoms. The summed E-state index contributed by atoms with van der Waals surface area (Å²) < 4.78 is 5.12. The maximum atomic E-state index is 12.1. The predicted octanol–water partition coefficient (Wildman–Crippen LogP) is 1.45. The van der Waals surface area contributed by atoms with Gasteiger partial charge in [0.1, 0.15) is 0 Å². The summed E-state index contributed by atoms with van der Waals surface area (Å²) in [5.74, 6) is -1.51. The number of benzene rings is 1. The lowest BCUT2D eigenvalue weighted by Gasteiger charge is -2.26. The highest BCUT2D eigenvalue weighted by atomic mass is 16.6. The number of allylic oxidation sites excluding steroid dienone is 2. The van der Waals surface area contributed by atoms with Gasteiger partial charge in [-0.15, -0.1) is 0 Å². The van der Waals surface area contributed by atoms with Gasteiger partial charge in [-0.1, -0.05) is 42.5 Å². The summed E-state index contributed by atoms with van der Waals surface area (Å²) in [6.45, 7) is -0.105. The standard InChI is InChI=1S/C15H16O4/c16-10-11-19-15(18)8-6-13(7-9-15)14(17)12-4-2-1-3-5-12/h1-8,16,18H,9-11H2. The van der Waals surface area contributed by atoms with Crippen LogP contribution in [-0.2, 0) is 4.74 Å². The predicted molar refractivity (Wildman–Crippen MR) is 70.6 cm³/mol. The fourth-order valence-corrected chi connectivity index (χ4v) is 1.87. The van der Waals surface area contributed by atoms with E-state index in [0.717, 1.165) is 0 Å². The van der Waals surface area contributed by atoms with E-state index < -0.39 is 5.79 Å². The number of rotatable bonds is 5. The van der Waals surface area contributed by atoms with Gasteiger partial charge in [0.2, 0.25) is 0 Å². The maximum absolute atomic E-state index is 12.1. The number of aliphatic hydroxyl groups excluding tert-OH is 1. The lowest BCUT2D eigenvalue weighted by atomic mass is 9.95. The van der Waals surface area contributed by atoms with Gasteiger partial charge in [-0.05, 0) is 6.08 Å². The maximum Gasteiger partial charge on any atom is 0.192 e. The van der Waals surface area contributed by atoms with Crippen molar-refractivity contribution in [1.29, 1.82) is 0 Å². The third-order valence-corrected chi connectivity index (χ3v) is 2.88. The molecule has 1 aromatic rings. The molecule has 1 aliphatic carbocycles. The van der Waals surface area contributed by atoms with Crippen molar-refractivity contribution in [3.8, 4) is 0 Å². The molecular weight excluding hydrogens is 244 g/mol. The fraction of sp³-hybridized carbons (Fsp3) is 0.267. The van der Waals surface area contributed by atoms with Gasteiger partial charge < -0.3 is 14.9 Å². The van der Waals surface area contributed by atoms with Gasteiger partial charge in [0, 0.05) is 17.6 Å². The van der Waals surface area contributed by atoms with Gasteiger partial charge >= 0.3 is 0 Å². The monoisotopic (exact) mass is 260 g/mol. The zero-order chi connectivity index (χ0) is 13.7. The first-order valence-electron chi connectivity index (χ1n) is 6.11. The number of carbonyl (C=O) groups is 1. The summed E-state index contributed by atoms with van der Waals surface area (Å²) in [5, 5.41) is 18.7. The molecule has 1 unspecified atom stereocenters. The molecule has 1 aliphatic rings. The second-order valence-corrected chi connectivity index (χ2v) is 4.31. The van der Waals surface area contributed by atoms with Crippen LogP contribution in [-0.4, -0.2) is 35.0 Å². The van der Waals surface area contributed by atoms with E-state index in [1.165, 1.54) is 6.08 Å². The second kappa shape index (κ2) is 5.93. The van der Waals surface area contributed by atoms with E-state index in [0.29, 0.717) is 11.1 Å². The molecule has 4 heteroatoms. The molecule has 19 heavy (non-hydrogen) atoms. The van der Waals surface area contributed by atoms with Crippen molar-refractivity contribution < 1.29 is 19.7 Å². The molecule has 4 nitrogen and oxygen atoms in total. The molecule has 1 aromatic carbocycles. The molecule has 0 fully saturated rings. The topological polar surface area (TPSA) is 66.8 Å². The van der Waals surface area contributed by atoms with Crippen molar-refractivity contribution >= 4 is 5.78 Å². The summed E-state index contributed by atoms with van der Waals surface area (Å²) in [6.07, 6.45) is 4.83. The SMILES string of the molecule is O=C(C1=CCC(O)(OCCO)C=C1)c1ccccc1. The minimum absolute atomic E-state index is 0.0522. The van der Waals surface area contributed by atoms with Crippen molar-refractivity contribution in [1.82, 2.24) is 0 Å². The smallest absolute Gasteiger partial charge is 0.192 e. The number of ketones is 1. The van der Waals surface area contributed by atoms with E-state index in [2.05, 4.69) is 0 Å². The fourth-order valence-electron chi connectivity index (χ4n) is 1.87. The molecule has 0 saturated heterocycles. The highest BCUT2D eigenvalue weighted by Crippen LogP contribution is 2.24. The van der Waals surface area contributed by atoms with Crippen LogP contribution in [0.5, 0.6) is 0 Å². The van der Waals surface area contributed by atoms with Crippen LogP contribution < -0.4 is 0 Å². The van der Waals surface area contributed by atoms with Crippen LogP contribution in [0.3, 0.4) is 0 Å². The molecule has 1 atom stereocenters. The summed E-state index contributed by atoms with van der Waals surface area (Å²) in [4.78, 5) is 12.1. The molecule has 0 heterocycles. The molecule has 0 aromatic heterocycles. The Morgan fingerprint density at radius 3 is 2.63 bits per heavy atom. The lowest BCUT2D eigenvalue weighted by molar-refractivity contribution is -0.169. The summed E-state index contributed by atoms with van der Waals surface area (Å²) >= 11 is 0. The van der Waals surface area contributed by atoms with Crippen molar-refractivity contribution in [3.63, 3.8) is 0 Å². The highest BCUT2D eigenvalue weighted by molar-refractivity contribution is 6.10. The zero-order valence-electron chi connectivity index (χ0n) is 10.5. The minimum atomic E-state index is -1.43. The van der Waals surface area contributed by atoms with Crippen LogP contribution in [0.25, 0.3) is 0 Å². The Balaban J connectivity index is 2.06. The number of hydrogen-bond donors (Lipinski definition) is 2. The molecule has 0 amide bonds. The van der Waals surface area contributed by atoms with Crippen LogP contribution in [0, 0.1) is 0 Å². The molecule has 0 radical (unpaired) electrons. The quantitative estimate of drug-likeness (QED) is 0.621. The molecule has 2 rings (SSSR count). The Bertz CT molecular complexity index is 504. The summed E-state index contributed by atoms with van der Waals surface area (Å²) in [6, 6.07) is 8.96. The average Bonchev–Trinajstić information content (AvgIpc) is 2.46. The van der Waals surface area contributed by atoms with Crippen molar-refractivity contribution in [3.05, 3.63) is 59.7 Å². The van der Waals surface area contributed by atoms with Crippen LogP contribution in [0.2, 0.25) is 0 Å². The molecule has 100 valence electrons. The van der Waals surface area contributed by atoms with Gasteiger partial charge in [-0.2, -0.15) is 0 Å². The number of hydrogen-bond acceptors (Lipinski definition) is 4. The number of ether oxygens (including phenoxy) is 1. The van der Waals surface area contributed by atoms with Gasteiger partial charge in [0.15, 0.2) is 11.6 Å². The third-order valence-electron chi connectivity index (χ3n) is 2.88. The zero-order valence-corrected chi connectivity index (χ0v) is 10.5. The summed E-state index contributed by atoms with van der Waals surface area (Å²) in [5.41, 5.74) is 1.14. The van der Waals surface area contributed by atoms with Gasteiger partial charge in [0.05, 0.1) is 13.2 Å². The first kappa shape index (κ1) is 13.7. The van der Waals surface area contributed by atoms with E-state index in [1.54, 1.807) is 36.4 Å². The van der Waals surface area contributed by atoms with Crippen molar-refractivity contribution in [2.24, 2.45) is 0 Å². The molecule has 0 spiro atoms. The molecular formula is C15H16O4. The Morgan fingerprint density at radius 2 is 2.05 bits per heavy atom. The number of Topliss-reactive ketones (excluding diaryl/α,β-unsaturated/α-hetero) is 1. The largest absolute Gasteiger partial charge is 0.394 e. The van der Waals surface area contributed by atoms with Gasteiger partial charge in [0.25, 0.3) is 0 Å². The Labute approximate surface area is 111 Å². The number of carbonyl (C=O) groups excluding carboxylic acids is 1. The highest BCUT2D eigenvalue weighted by Gasteiger charge is 2.27. The molecule has 2 N–H and O–H groups in total. The van der Waals surface area contributed by atoms with Crippen LogP contribution in [0.15, 0.2) is 54.1 Å². The Morgan fingerprint density at radius 1 is 1.32 bits per heavy atom. The molecule has 0 aliphatic heterocycles. The van der Waals surface area contributed by atoms with Crippen LogP contribution in [0.1, 0.15) is 16.8 Å². The van der Waals surface area contributed by atoms with E-state index in [4.69, 9.17) is 9.84 Å². The minimum Gasteiger partial charge on any atom is -0.394 e. The number of aliphatic hydroxyl groups is 2. The van der Waals surface area contributed by atoms with Crippen LogP contribution >= 0.6 is 0 Å². The normalized spacial score (nSPS) is 22.1. The average molecular weight is 260 g/mol. The van der Waals surface area contributed by atoms with Crippen LogP contribution in [0.4, 0.5) is 0 Å². The van der Waals surface area contributed by atoms with E-state index in [1.807, 2.05) is 6.07 Å². The van der Waals surface area contributed by atoms with Crippen molar-refractivity contribution in [2.75, 3.05) is 13.2 Å². The Hall–Kier alpha value is -1.75. The van der Waals surface area contributed by atoms with E-state index >= 15 is 0 Å². The first-order valence-corrected chi connectivity index (χ1v) is 6.11. The summed E-state index contributed by atoms with van der Waals surface area (Å²) in [7, 11) is 0. The van der Waals surface area contributed by atoms with Gasteiger partial charge in [-0.25, -0.2) is 0 Å².